The van der Waals surface area contributed by atoms with E-state index >= 15 is 0 Å². The van der Waals surface area contributed by atoms with E-state index in [-0.39, 0.29) is 0 Å². The summed E-state index contributed by atoms with van der Waals surface area (Å²) in [6, 6.07) is 10.7. The first kappa shape index (κ1) is 15.6. The van der Waals surface area contributed by atoms with Crippen LogP contribution in [0.25, 0.3) is 0 Å². The number of anilines is 1. The molecule has 0 aliphatic rings. The molecule has 0 unspecified atom stereocenters. The van der Waals surface area contributed by atoms with Gasteiger partial charge in [0.1, 0.15) is 0 Å². The molecule has 0 radical (unpaired) electrons. The van der Waals surface area contributed by atoms with Crippen LogP contribution in [0.4, 0.5) is 5.69 Å². The second-order valence-electron chi connectivity index (χ2n) is 5.38. The van der Waals surface area contributed by atoms with Gasteiger partial charge in [-0.3, -0.25) is 4.68 Å². The number of nitrogens with two attached hydrogens (primary N) is 1. The van der Waals surface area contributed by atoms with E-state index in [0.717, 1.165) is 31.7 Å². The van der Waals surface area contributed by atoms with Gasteiger partial charge in [0.2, 0.25) is 0 Å². The van der Waals surface area contributed by atoms with Gasteiger partial charge < -0.3 is 10.6 Å². The Morgan fingerprint density at radius 2 is 1.90 bits per heavy atom. The van der Waals surface area contributed by atoms with Crippen molar-refractivity contribution in [2.75, 3.05) is 11.4 Å². The van der Waals surface area contributed by atoms with E-state index in [1.165, 1.54) is 16.9 Å². The molecule has 4 heteroatoms. The predicted octanol–water partition coefficient (Wildman–Crippen LogP) is 3.09. The zero-order valence-electron chi connectivity index (χ0n) is 13.3. The Morgan fingerprint density at radius 1 is 1.19 bits per heavy atom. The lowest BCUT2D eigenvalue weighted by molar-refractivity contribution is 0.603. The number of rotatable bonds is 7. The maximum absolute atomic E-state index is 5.67. The fraction of sp³-hybridized carbons (Fsp3) is 0.471. The van der Waals surface area contributed by atoms with Crippen molar-refractivity contribution in [2.45, 2.75) is 46.8 Å². The molecule has 2 N–H and O–H groups in total. The highest BCUT2D eigenvalue weighted by Gasteiger charge is 2.11. The van der Waals surface area contributed by atoms with Gasteiger partial charge in [-0.25, -0.2) is 0 Å². The fourth-order valence-corrected chi connectivity index (χ4v) is 2.61. The summed E-state index contributed by atoms with van der Waals surface area (Å²) in [6.45, 7) is 9.83. The van der Waals surface area contributed by atoms with Crippen molar-refractivity contribution in [1.82, 2.24) is 9.78 Å². The third-order valence-corrected chi connectivity index (χ3v) is 3.67. The summed E-state index contributed by atoms with van der Waals surface area (Å²) >= 11 is 0. The Hall–Kier alpha value is -1.81. The summed E-state index contributed by atoms with van der Waals surface area (Å²) in [4.78, 5) is 2.41. The maximum atomic E-state index is 5.67. The van der Waals surface area contributed by atoms with Gasteiger partial charge in [0, 0.05) is 25.3 Å². The molecule has 1 aromatic heterocycles. The van der Waals surface area contributed by atoms with Crippen molar-refractivity contribution >= 4 is 5.69 Å². The molecule has 0 saturated heterocycles. The van der Waals surface area contributed by atoms with Crippen LogP contribution >= 0.6 is 0 Å². The van der Waals surface area contributed by atoms with E-state index in [0.29, 0.717) is 6.54 Å². The van der Waals surface area contributed by atoms with Crippen molar-refractivity contribution in [1.29, 1.82) is 0 Å². The SMILES string of the molecule is CCCN(Cc1cc(C)nn1CC)c1ccc(CN)cc1. The molecule has 0 spiro atoms. The predicted molar refractivity (Wildman–Crippen MR) is 88.3 cm³/mol. The monoisotopic (exact) mass is 286 g/mol. The van der Waals surface area contributed by atoms with Crippen molar-refractivity contribution in [2.24, 2.45) is 5.73 Å². The standard InChI is InChI=1S/C17H26N4/c1-4-10-20(16-8-6-15(12-18)7-9-16)13-17-11-14(3)19-21(17)5-2/h6-9,11H,4-5,10,12-13,18H2,1-3H3. The molecule has 0 aliphatic heterocycles. The molecule has 114 valence electrons. The van der Waals surface area contributed by atoms with Gasteiger partial charge in [0.15, 0.2) is 0 Å². The quantitative estimate of drug-likeness (QED) is 0.851. The number of nitrogens with zero attached hydrogens (tertiary/aromatic N) is 3. The summed E-state index contributed by atoms with van der Waals surface area (Å²) in [6.07, 6.45) is 1.12. The van der Waals surface area contributed by atoms with Crippen LogP contribution in [0.15, 0.2) is 30.3 Å². The van der Waals surface area contributed by atoms with Gasteiger partial charge in [-0.15, -0.1) is 0 Å². The van der Waals surface area contributed by atoms with E-state index in [4.69, 9.17) is 5.73 Å². The minimum absolute atomic E-state index is 0.593. The molecule has 2 aromatic rings. The van der Waals surface area contributed by atoms with Crippen molar-refractivity contribution in [3.05, 3.63) is 47.3 Å². The Bertz CT molecular complexity index is 557. The Kier molecular flexibility index (Phi) is 5.39. The highest BCUT2D eigenvalue weighted by atomic mass is 15.3. The minimum Gasteiger partial charge on any atom is -0.366 e. The third kappa shape index (κ3) is 3.85. The van der Waals surface area contributed by atoms with Crippen LogP contribution in [0.3, 0.4) is 0 Å². The first-order valence-corrected chi connectivity index (χ1v) is 7.75. The first-order valence-electron chi connectivity index (χ1n) is 7.75. The zero-order valence-corrected chi connectivity index (χ0v) is 13.3. The van der Waals surface area contributed by atoms with Crippen LogP contribution < -0.4 is 10.6 Å². The van der Waals surface area contributed by atoms with Gasteiger partial charge in [0.05, 0.1) is 17.9 Å². The largest absolute Gasteiger partial charge is 0.366 e. The first-order chi connectivity index (χ1) is 10.2. The molecule has 0 amide bonds. The number of hydrogen-bond acceptors (Lipinski definition) is 3. The second-order valence-corrected chi connectivity index (χ2v) is 5.38. The van der Waals surface area contributed by atoms with E-state index < -0.39 is 0 Å². The van der Waals surface area contributed by atoms with E-state index in [9.17, 15) is 0 Å². The number of aryl methyl sites for hydroxylation is 2. The maximum Gasteiger partial charge on any atom is 0.0599 e. The highest BCUT2D eigenvalue weighted by Crippen LogP contribution is 2.19. The molecule has 1 heterocycles. The Balaban J connectivity index is 2.21. The van der Waals surface area contributed by atoms with E-state index in [1.807, 2.05) is 0 Å². The van der Waals surface area contributed by atoms with Gasteiger partial charge in [0.25, 0.3) is 0 Å². The van der Waals surface area contributed by atoms with E-state index in [1.54, 1.807) is 0 Å². The minimum atomic E-state index is 0.593. The summed E-state index contributed by atoms with van der Waals surface area (Å²) < 4.78 is 2.09. The lowest BCUT2D eigenvalue weighted by Crippen LogP contribution is -2.25. The highest BCUT2D eigenvalue weighted by molar-refractivity contribution is 5.48. The molecule has 0 bridgehead atoms. The average Bonchev–Trinajstić information content (AvgIpc) is 2.87. The smallest absolute Gasteiger partial charge is 0.0599 e. The Labute approximate surface area is 127 Å². The lowest BCUT2D eigenvalue weighted by Gasteiger charge is -2.25. The topological polar surface area (TPSA) is 47.1 Å². The molecule has 0 saturated carbocycles. The van der Waals surface area contributed by atoms with Gasteiger partial charge in [-0.1, -0.05) is 19.1 Å². The molecule has 0 aliphatic carbocycles. The third-order valence-electron chi connectivity index (χ3n) is 3.67. The molecule has 0 fully saturated rings. The summed E-state index contributed by atoms with van der Waals surface area (Å²) in [5.74, 6) is 0. The van der Waals surface area contributed by atoms with E-state index in [2.05, 4.69) is 65.8 Å². The van der Waals surface area contributed by atoms with Crippen LogP contribution in [0.5, 0.6) is 0 Å². The van der Waals surface area contributed by atoms with Gasteiger partial charge in [-0.2, -0.15) is 5.10 Å². The van der Waals surface area contributed by atoms with Crippen LogP contribution in [-0.4, -0.2) is 16.3 Å². The normalized spacial score (nSPS) is 10.9. The number of hydrogen-bond donors (Lipinski definition) is 1. The molecule has 21 heavy (non-hydrogen) atoms. The summed E-state index contributed by atoms with van der Waals surface area (Å²) in [5, 5.41) is 4.54. The van der Waals surface area contributed by atoms with Crippen LogP contribution in [0, 0.1) is 6.92 Å². The number of benzene rings is 1. The van der Waals surface area contributed by atoms with Gasteiger partial charge >= 0.3 is 0 Å². The summed E-state index contributed by atoms with van der Waals surface area (Å²) in [5.41, 5.74) is 10.4. The average molecular weight is 286 g/mol. The molecule has 4 nitrogen and oxygen atoms in total. The lowest BCUT2D eigenvalue weighted by atomic mass is 10.2. The summed E-state index contributed by atoms with van der Waals surface area (Å²) in [7, 11) is 0. The molecular formula is C17H26N4. The van der Waals surface area contributed by atoms with Crippen LogP contribution in [-0.2, 0) is 19.6 Å². The van der Waals surface area contributed by atoms with Crippen LogP contribution in [0.1, 0.15) is 37.2 Å². The van der Waals surface area contributed by atoms with Gasteiger partial charge in [-0.05, 0) is 44.0 Å². The molecule has 1 aromatic carbocycles. The molecule has 0 atom stereocenters. The Morgan fingerprint density at radius 3 is 2.48 bits per heavy atom. The van der Waals surface area contributed by atoms with Crippen LogP contribution in [0.2, 0.25) is 0 Å². The molecule has 2 rings (SSSR count). The number of aromatic nitrogens is 2. The zero-order chi connectivity index (χ0) is 15.2. The molecular weight excluding hydrogens is 260 g/mol. The second kappa shape index (κ2) is 7.27. The van der Waals surface area contributed by atoms with Crippen molar-refractivity contribution < 1.29 is 0 Å². The van der Waals surface area contributed by atoms with Crippen molar-refractivity contribution in [3.63, 3.8) is 0 Å². The fourth-order valence-electron chi connectivity index (χ4n) is 2.61. The van der Waals surface area contributed by atoms with Crippen molar-refractivity contribution in [3.8, 4) is 0 Å².